The molecule has 170 valence electrons. The number of carbonyl (C=O) groups excluding carboxylic acids is 1. The van der Waals surface area contributed by atoms with Gasteiger partial charge in [0.05, 0.1) is 27.6 Å². The molecule has 0 spiro atoms. The van der Waals surface area contributed by atoms with Crippen LogP contribution in [-0.4, -0.2) is 59.3 Å². The second kappa shape index (κ2) is 8.74. The zero-order valence-electron chi connectivity index (χ0n) is 18.2. The maximum absolute atomic E-state index is 13.0. The van der Waals surface area contributed by atoms with Crippen molar-refractivity contribution in [3.63, 3.8) is 0 Å². The minimum absolute atomic E-state index is 0.127. The Morgan fingerprint density at radius 2 is 1.56 bits per heavy atom. The number of para-hydroxylation sites is 2. The van der Waals surface area contributed by atoms with E-state index in [9.17, 15) is 13.2 Å². The maximum atomic E-state index is 13.0. The van der Waals surface area contributed by atoms with Crippen LogP contribution in [0.4, 0.5) is 0 Å². The van der Waals surface area contributed by atoms with E-state index in [4.69, 9.17) is 5.26 Å². The lowest BCUT2D eigenvalue weighted by Gasteiger charge is -2.34. The summed E-state index contributed by atoms with van der Waals surface area (Å²) in [5.74, 6) is -0.127. The second-order valence-electron chi connectivity index (χ2n) is 7.98. The lowest BCUT2D eigenvalue weighted by atomic mass is 10.1. The number of benzene rings is 3. The Labute approximate surface area is 197 Å². The van der Waals surface area contributed by atoms with Crippen LogP contribution < -0.4 is 0 Å². The van der Waals surface area contributed by atoms with Crippen LogP contribution >= 0.6 is 0 Å². The molecule has 0 bridgehead atoms. The predicted octanol–water partition coefficient (Wildman–Crippen LogP) is 3.04. The first kappa shape index (κ1) is 21.8. The average molecular weight is 472 g/mol. The Kier molecular flexibility index (Phi) is 5.61. The number of fused-ring (bicyclic) bond motifs is 1. The highest BCUT2D eigenvalue weighted by Crippen LogP contribution is 2.21. The number of rotatable bonds is 4. The molecule has 0 N–H and O–H groups in total. The van der Waals surface area contributed by atoms with Crippen molar-refractivity contribution in [2.24, 2.45) is 0 Å². The van der Waals surface area contributed by atoms with Gasteiger partial charge in [-0.25, -0.2) is 13.4 Å². The molecule has 1 aliphatic rings. The van der Waals surface area contributed by atoms with Crippen molar-refractivity contribution in [3.05, 3.63) is 90.3 Å². The van der Waals surface area contributed by atoms with E-state index in [2.05, 4.69) is 4.98 Å². The summed E-state index contributed by atoms with van der Waals surface area (Å²) in [4.78, 5) is 19.2. The van der Waals surface area contributed by atoms with Gasteiger partial charge in [-0.3, -0.25) is 9.36 Å². The first-order valence-electron chi connectivity index (χ1n) is 10.8. The number of aromatic nitrogens is 2. The highest BCUT2D eigenvalue weighted by Gasteiger charge is 2.30. The van der Waals surface area contributed by atoms with E-state index >= 15 is 0 Å². The highest BCUT2D eigenvalue weighted by atomic mass is 32.2. The van der Waals surface area contributed by atoms with Gasteiger partial charge in [0, 0.05) is 37.4 Å². The fourth-order valence-electron chi connectivity index (χ4n) is 4.09. The molecule has 1 amide bonds. The first-order valence-corrected chi connectivity index (χ1v) is 12.2. The van der Waals surface area contributed by atoms with Gasteiger partial charge in [0.2, 0.25) is 10.0 Å². The van der Waals surface area contributed by atoms with Gasteiger partial charge in [0.1, 0.15) is 6.33 Å². The van der Waals surface area contributed by atoms with Gasteiger partial charge in [-0.05, 0) is 60.7 Å². The minimum Gasteiger partial charge on any atom is -0.336 e. The van der Waals surface area contributed by atoms with E-state index in [1.807, 2.05) is 47.0 Å². The van der Waals surface area contributed by atoms with Crippen molar-refractivity contribution < 1.29 is 13.2 Å². The monoisotopic (exact) mass is 471 g/mol. The van der Waals surface area contributed by atoms with Gasteiger partial charge >= 0.3 is 0 Å². The molecule has 5 rings (SSSR count). The van der Waals surface area contributed by atoms with Gasteiger partial charge < -0.3 is 4.90 Å². The molecular formula is C25H21N5O3S. The number of piperazine rings is 1. The fraction of sp³-hybridized carbons (Fsp3) is 0.160. The number of imidazole rings is 1. The van der Waals surface area contributed by atoms with Gasteiger partial charge in [-0.2, -0.15) is 9.57 Å². The third-order valence-corrected chi connectivity index (χ3v) is 7.91. The molecule has 0 aliphatic carbocycles. The molecule has 0 radical (unpaired) electrons. The van der Waals surface area contributed by atoms with E-state index < -0.39 is 10.0 Å². The van der Waals surface area contributed by atoms with E-state index in [0.29, 0.717) is 24.2 Å². The third-order valence-electron chi connectivity index (χ3n) is 5.99. The number of hydrogen-bond acceptors (Lipinski definition) is 5. The standard InChI is InChI=1S/C25H21N5O3S/c26-17-19-5-11-22(12-6-19)34(32,33)29-15-13-28(14-16-29)25(31)20-7-9-21(10-8-20)30-18-27-23-3-1-2-4-24(23)30/h1-12,18H,13-16H2. The van der Waals surface area contributed by atoms with Gasteiger partial charge in [0.25, 0.3) is 5.91 Å². The van der Waals surface area contributed by atoms with Crippen LogP contribution in [0.1, 0.15) is 15.9 Å². The molecule has 0 atom stereocenters. The smallest absolute Gasteiger partial charge is 0.253 e. The molecule has 0 unspecified atom stereocenters. The largest absolute Gasteiger partial charge is 0.336 e. The van der Waals surface area contributed by atoms with Crippen molar-refractivity contribution >= 4 is 27.0 Å². The molecule has 1 aliphatic heterocycles. The zero-order valence-corrected chi connectivity index (χ0v) is 19.0. The van der Waals surface area contributed by atoms with Crippen LogP contribution in [0.2, 0.25) is 0 Å². The SMILES string of the molecule is N#Cc1ccc(S(=O)(=O)N2CCN(C(=O)c3ccc(-n4cnc5ccccc54)cc3)CC2)cc1. The van der Waals surface area contributed by atoms with Crippen molar-refractivity contribution in [1.29, 1.82) is 5.26 Å². The van der Waals surface area contributed by atoms with E-state index in [-0.39, 0.29) is 23.9 Å². The summed E-state index contributed by atoms with van der Waals surface area (Å²) in [6.45, 7) is 1.05. The van der Waals surface area contributed by atoms with E-state index in [1.54, 1.807) is 23.4 Å². The molecule has 9 heteroatoms. The average Bonchev–Trinajstić information content (AvgIpc) is 3.33. The zero-order chi connectivity index (χ0) is 23.7. The Morgan fingerprint density at radius 3 is 2.24 bits per heavy atom. The summed E-state index contributed by atoms with van der Waals surface area (Å²) in [7, 11) is -3.67. The van der Waals surface area contributed by atoms with Crippen molar-refractivity contribution in [2.75, 3.05) is 26.2 Å². The molecule has 4 aromatic rings. The lowest BCUT2D eigenvalue weighted by Crippen LogP contribution is -2.50. The van der Waals surface area contributed by atoms with Crippen molar-refractivity contribution in [1.82, 2.24) is 18.8 Å². The van der Waals surface area contributed by atoms with Crippen LogP contribution in [0.25, 0.3) is 16.7 Å². The maximum Gasteiger partial charge on any atom is 0.253 e. The molecule has 1 saturated heterocycles. The number of sulfonamides is 1. The van der Waals surface area contributed by atoms with Gasteiger partial charge in [0.15, 0.2) is 0 Å². The second-order valence-corrected chi connectivity index (χ2v) is 9.92. The quantitative estimate of drug-likeness (QED) is 0.456. The summed E-state index contributed by atoms with van der Waals surface area (Å²) < 4.78 is 29.2. The van der Waals surface area contributed by atoms with E-state index in [0.717, 1.165) is 16.7 Å². The molecule has 2 heterocycles. The fourth-order valence-corrected chi connectivity index (χ4v) is 5.52. The molecular weight excluding hydrogens is 450 g/mol. The Bertz CT molecular complexity index is 1490. The number of nitrogens with zero attached hydrogens (tertiary/aromatic N) is 5. The minimum atomic E-state index is -3.67. The molecule has 34 heavy (non-hydrogen) atoms. The summed E-state index contributed by atoms with van der Waals surface area (Å²) in [5, 5.41) is 8.91. The highest BCUT2D eigenvalue weighted by molar-refractivity contribution is 7.89. The molecule has 1 aromatic heterocycles. The van der Waals surface area contributed by atoms with E-state index in [1.165, 1.54) is 28.6 Å². The topological polar surface area (TPSA) is 99.3 Å². The normalized spacial score (nSPS) is 14.7. The Balaban J connectivity index is 1.26. The third kappa shape index (κ3) is 3.94. The molecule has 3 aromatic carbocycles. The van der Waals surface area contributed by atoms with Crippen LogP contribution in [-0.2, 0) is 10.0 Å². The molecule has 0 saturated carbocycles. The number of carbonyl (C=O) groups is 1. The molecule has 8 nitrogen and oxygen atoms in total. The van der Waals surface area contributed by atoms with Crippen LogP contribution in [0.3, 0.4) is 0 Å². The van der Waals surface area contributed by atoms with Crippen LogP contribution in [0.15, 0.2) is 84.0 Å². The number of amides is 1. The summed E-state index contributed by atoms with van der Waals surface area (Å²) in [6, 6.07) is 23.0. The summed E-state index contributed by atoms with van der Waals surface area (Å²) in [5.41, 5.74) is 3.75. The van der Waals surface area contributed by atoms with Crippen molar-refractivity contribution in [2.45, 2.75) is 4.90 Å². The van der Waals surface area contributed by atoms with Gasteiger partial charge in [-0.15, -0.1) is 0 Å². The number of hydrogen-bond donors (Lipinski definition) is 0. The first-order chi connectivity index (χ1) is 16.5. The lowest BCUT2D eigenvalue weighted by molar-refractivity contribution is 0.0698. The molecule has 1 fully saturated rings. The van der Waals surface area contributed by atoms with Crippen LogP contribution in [0.5, 0.6) is 0 Å². The van der Waals surface area contributed by atoms with Crippen LogP contribution in [0, 0.1) is 11.3 Å². The summed E-state index contributed by atoms with van der Waals surface area (Å²) in [6.07, 6.45) is 1.76. The number of nitriles is 1. The Hall–Kier alpha value is -4.00. The van der Waals surface area contributed by atoms with Crippen molar-refractivity contribution in [3.8, 4) is 11.8 Å². The predicted molar refractivity (Wildman–Crippen MR) is 127 cm³/mol. The van der Waals surface area contributed by atoms with Gasteiger partial charge in [-0.1, -0.05) is 12.1 Å². The Morgan fingerprint density at radius 1 is 0.882 bits per heavy atom. The summed E-state index contributed by atoms with van der Waals surface area (Å²) >= 11 is 0.